The van der Waals surface area contributed by atoms with Crippen molar-refractivity contribution < 1.29 is 0 Å². The Hall–Kier alpha value is 0.480. The van der Waals surface area contributed by atoms with E-state index < -0.39 is 0 Å². The van der Waals surface area contributed by atoms with Gasteiger partial charge in [0.05, 0.1) is 0 Å². The van der Waals surface area contributed by atoms with Crippen LogP contribution in [0.15, 0.2) is 0 Å². The molecule has 1 fully saturated rings. The van der Waals surface area contributed by atoms with E-state index in [1.807, 2.05) is 0 Å². The van der Waals surface area contributed by atoms with Gasteiger partial charge in [-0.05, 0) is 25.7 Å². The van der Waals surface area contributed by atoms with Crippen molar-refractivity contribution in [1.29, 1.82) is 0 Å². The van der Waals surface area contributed by atoms with E-state index in [4.69, 9.17) is 0 Å². The van der Waals surface area contributed by atoms with Crippen molar-refractivity contribution in [3.05, 3.63) is 6.92 Å². The topological polar surface area (TPSA) is 0 Å². The van der Waals surface area contributed by atoms with Gasteiger partial charge >= 0.3 is 0 Å². The molecule has 1 radical (unpaired) electrons. The van der Waals surface area contributed by atoms with Gasteiger partial charge in [0.15, 0.2) is 0 Å². The quantitative estimate of drug-likeness (QED) is 0.557. The third kappa shape index (κ3) is 2.29. The minimum Gasteiger partial charge on any atom is -0.0888 e. The van der Waals surface area contributed by atoms with Gasteiger partial charge in [0.25, 0.3) is 0 Å². The molecule has 9 heavy (non-hydrogen) atoms. The summed E-state index contributed by atoms with van der Waals surface area (Å²) in [7, 11) is 0. The molecule has 1 aliphatic carbocycles. The Morgan fingerprint density at radius 2 is 1.78 bits per heavy atom. The monoisotopic (exact) mass is 189 g/mol. The molecule has 0 aliphatic heterocycles. The van der Waals surface area contributed by atoms with Gasteiger partial charge in [-0.1, -0.05) is 35.2 Å². The van der Waals surface area contributed by atoms with Crippen LogP contribution in [-0.2, 0) is 0 Å². The largest absolute Gasteiger partial charge is 0.0888 e. The highest BCUT2D eigenvalue weighted by Crippen LogP contribution is 2.29. The van der Waals surface area contributed by atoms with Crippen LogP contribution in [0.2, 0.25) is 0 Å². The van der Waals surface area contributed by atoms with Crippen molar-refractivity contribution in [2.24, 2.45) is 5.92 Å². The Morgan fingerprint density at radius 1 is 1.22 bits per heavy atom. The fourth-order valence-corrected chi connectivity index (χ4v) is 2.02. The molecule has 0 aromatic rings. The van der Waals surface area contributed by atoms with Crippen molar-refractivity contribution in [3.63, 3.8) is 0 Å². The van der Waals surface area contributed by atoms with Crippen molar-refractivity contribution in [2.45, 2.75) is 36.9 Å². The number of halogens is 1. The number of alkyl halides is 1. The molecule has 0 heterocycles. The van der Waals surface area contributed by atoms with Crippen LogP contribution >= 0.6 is 15.9 Å². The molecule has 1 saturated carbocycles. The maximum atomic E-state index is 3.98. The first-order valence-electron chi connectivity index (χ1n) is 3.78. The first-order chi connectivity index (χ1) is 4.30. The number of rotatable bonds is 1. The smallest absolute Gasteiger partial charge is 0.0174 e. The molecule has 0 aromatic carbocycles. The van der Waals surface area contributed by atoms with Gasteiger partial charge in [0.2, 0.25) is 0 Å². The Balaban J connectivity index is 2.23. The zero-order chi connectivity index (χ0) is 6.69. The second-order valence-corrected chi connectivity index (χ2v) is 4.09. The van der Waals surface area contributed by atoms with Crippen molar-refractivity contribution in [1.82, 2.24) is 0 Å². The van der Waals surface area contributed by atoms with Gasteiger partial charge in [0.1, 0.15) is 0 Å². The summed E-state index contributed by atoms with van der Waals surface area (Å²) in [5.74, 6) is 0.860. The van der Waals surface area contributed by atoms with Gasteiger partial charge in [0, 0.05) is 4.83 Å². The molecule has 0 amide bonds. The average molecular weight is 190 g/mol. The summed E-state index contributed by atoms with van der Waals surface area (Å²) in [4.78, 5) is 0.498. The highest BCUT2D eigenvalue weighted by molar-refractivity contribution is 9.09. The molecule has 1 atom stereocenters. The highest BCUT2D eigenvalue weighted by Gasteiger charge is 2.16. The van der Waals surface area contributed by atoms with Crippen molar-refractivity contribution in [2.75, 3.05) is 0 Å². The number of hydrogen-bond acceptors (Lipinski definition) is 0. The van der Waals surface area contributed by atoms with Crippen molar-refractivity contribution >= 4 is 15.9 Å². The van der Waals surface area contributed by atoms with Crippen LogP contribution in [0.3, 0.4) is 0 Å². The van der Waals surface area contributed by atoms with Crippen LogP contribution in [0.4, 0.5) is 0 Å². The third-order valence-electron chi connectivity index (χ3n) is 2.16. The minimum absolute atomic E-state index is 0.498. The Bertz CT molecular complexity index is 72.6. The van der Waals surface area contributed by atoms with E-state index in [-0.39, 0.29) is 0 Å². The molecule has 1 unspecified atom stereocenters. The summed E-state index contributed by atoms with van der Waals surface area (Å²) >= 11 is 3.52. The van der Waals surface area contributed by atoms with Crippen LogP contribution in [-0.4, -0.2) is 4.83 Å². The summed E-state index contributed by atoms with van der Waals surface area (Å²) in [5, 5.41) is 0. The van der Waals surface area contributed by atoms with Gasteiger partial charge in [-0.3, -0.25) is 0 Å². The van der Waals surface area contributed by atoms with E-state index in [9.17, 15) is 0 Å². The molecule has 0 saturated heterocycles. The first-order valence-corrected chi connectivity index (χ1v) is 4.69. The molecule has 0 spiro atoms. The second kappa shape index (κ2) is 3.60. The minimum atomic E-state index is 0.498. The van der Waals surface area contributed by atoms with Gasteiger partial charge < -0.3 is 0 Å². The maximum Gasteiger partial charge on any atom is 0.0174 e. The van der Waals surface area contributed by atoms with Gasteiger partial charge in [-0.25, -0.2) is 0 Å². The standard InChI is InChI=1S/C8H14Br/c1-7(9)8-5-3-2-4-6-8/h7-8H,1-6H2. The lowest BCUT2D eigenvalue weighted by Gasteiger charge is -2.23. The lowest BCUT2D eigenvalue weighted by molar-refractivity contribution is 0.369. The molecule has 1 rings (SSSR count). The maximum absolute atomic E-state index is 3.98. The lowest BCUT2D eigenvalue weighted by Crippen LogP contribution is -2.14. The van der Waals surface area contributed by atoms with Crippen LogP contribution in [0.25, 0.3) is 0 Å². The lowest BCUT2D eigenvalue weighted by atomic mass is 9.88. The predicted molar refractivity (Wildman–Crippen MR) is 44.6 cm³/mol. The van der Waals surface area contributed by atoms with Crippen LogP contribution in [0, 0.1) is 12.8 Å². The van der Waals surface area contributed by atoms with Crippen molar-refractivity contribution in [3.8, 4) is 0 Å². The van der Waals surface area contributed by atoms with Crippen LogP contribution in [0.5, 0.6) is 0 Å². The number of hydrogen-bond donors (Lipinski definition) is 0. The van der Waals surface area contributed by atoms with E-state index in [0.717, 1.165) is 5.92 Å². The summed E-state index contributed by atoms with van der Waals surface area (Å²) in [6.07, 6.45) is 7.06. The molecule has 1 heteroatoms. The van der Waals surface area contributed by atoms with E-state index in [2.05, 4.69) is 22.9 Å². The fraction of sp³-hybridized carbons (Fsp3) is 0.875. The summed E-state index contributed by atoms with van der Waals surface area (Å²) in [5.41, 5.74) is 0. The predicted octanol–water partition coefficient (Wildman–Crippen LogP) is 3.16. The van der Waals surface area contributed by atoms with Crippen LogP contribution < -0.4 is 0 Å². The van der Waals surface area contributed by atoms with E-state index in [1.165, 1.54) is 32.1 Å². The van der Waals surface area contributed by atoms with E-state index in [0.29, 0.717) is 4.83 Å². The summed E-state index contributed by atoms with van der Waals surface area (Å²) in [6, 6.07) is 0. The molecular weight excluding hydrogens is 176 g/mol. The van der Waals surface area contributed by atoms with E-state index in [1.54, 1.807) is 0 Å². The molecule has 53 valence electrons. The fourth-order valence-electron chi connectivity index (χ4n) is 1.50. The van der Waals surface area contributed by atoms with Gasteiger partial charge in [-0.2, -0.15) is 0 Å². The molecule has 0 aromatic heterocycles. The van der Waals surface area contributed by atoms with E-state index >= 15 is 0 Å². The molecule has 0 N–H and O–H groups in total. The summed E-state index contributed by atoms with van der Waals surface area (Å²) < 4.78 is 0. The Kier molecular flexibility index (Phi) is 3.03. The van der Waals surface area contributed by atoms with Gasteiger partial charge in [-0.15, -0.1) is 0 Å². The Morgan fingerprint density at radius 3 is 2.11 bits per heavy atom. The van der Waals surface area contributed by atoms with Crippen LogP contribution in [0.1, 0.15) is 32.1 Å². The zero-order valence-electron chi connectivity index (χ0n) is 5.78. The first kappa shape index (κ1) is 7.59. The molecule has 0 nitrogen and oxygen atoms in total. The third-order valence-corrected chi connectivity index (χ3v) is 2.91. The Labute approximate surface area is 66.2 Å². The summed E-state index contributed by atoms with van der Waals surface area (Å²) in [6.45, 7) is 3.98. The average Bonchev–Trinajstić information content (AvgIpc) is 1.90. The zero-order valence-corrected chi connectivity index (χ0v) is 7.36. The normalized spacial score (nSPS) is 26.0. The molecule has 0 bridgehead atoms. The second-order valence-electron chi connectivity index (χ2n) is 2.91. The molecular formula is C8H14Br. The SMILES string of the molecule is [CH2]C(Br)C1CCCCC1. The molecule has 1 aliphatic rings. The highest BCUT2D eigenvalue weighted by atomic mass is 79.9.